The number of thiazole rings is 1. The molecular formula is C14H15N3O3S. The fraction of sp³-hybridized carbons (Fsp3) is 0.286. The Morgan fingerprint density at radius 3 is 3.10 bits per heavy atom. The topological polar surface area (TPSA) is 72.5 Å². The van der Waals surface area contributed by atoms with Gasteiger partial charge in [0.05, 0.1) is 5.69 Å². The normalized spacial score (nSPS) is 12.4. The summed E-state index contributed by atoms with van der Waals surface area (Å²) < 4.78 is 10.6. The summed E-state index contributed by atoms with van der Waals surface area (Å²) in [5, 5.41) is 8.24. The summed E-state index contributed by atoms with van der Waals surface area (Å²) in [5.74, 6) is 1.42. The molecule has 1 aromatic heterocycles. The Hall–Kier alpha value is -2.12. The Morgan fingerprint density at radius 2 is 2.24 bits per heavy atom. The third-order valence-corrected chi connectivity index (χ3v) is 3.78. The molecule has 2 N–H and O–H groups in total. The van der Waals surface area contributed by atoms with Crippen molar-refractivity contribution in [1.82, 2.24) is 10.3 Å². The highest BCUT2D eigenvalue weighted by Crippen LogP contribution is 2.36. The molecule has 7 heteroatoms. The van der Waals surface area contributed by atoms with Gasteiger partial charge in [0.15, 0.2) is 16.6 Å². The Morgan fingerprint density at radius 1 is 1.38 bits per heavy atom. The van der Waals surface area contributed by atoms with Crippen molar-refractivity contribution < 1.29 is 14.3 Å². The minimum absolute atomic E-state index is 0.0454. The van der Waals surface area contributed by atoms with Gasteiger partial charge in [0.1, 0.15) is 0 Å². The molecule has 0 fully saturated rings. The number of rotatable bonds is 5. The van der Waals surface area contributed by atoms with E-state index in [0.29, 0.717) is 18.1 Å². The smallest absolute Gasteiger partial charge is 0.231 e. The number of amides is 1. The number of benzene rings is 1. The first kappa shape index (κ1) is 13.8. The van der Waals surface area contributed by atoms with Crippen molar-refractivity contribution in [2.24, 2.45) is 0 Å². The van der Waals surface area contributed by atoms with Gasteiger partial charge in [0.25, 0.3) is 0 Å². The molecule has 21 heavy (non-hydrogen) atoms. The van der Waals surface area contributed by atoms with Crippen LogP contribution in [0, 0.1) is 0 Å². The van der Waals surface area contributed by atoms with Crippen LogP contribution in [0.5, 0.6) is 11.5 Å². The number of nitrogens with one attached hydrogen (secondary N) is 2. The van der Waals surface area contributed by atoms with Crippen LogP contribution in [0.1, 0.15) is 6.42 Å². The van der Waals surface area contributed by atoms with Crippen molar-refractivity contribution in [2.45, 2.75) is 6.42 Å². The van der Waals surface area contributed by atoms with Gasteiger partial charge in [-0.1, -0.05) is 0 Å². The molecular weight excluding hydrogens is 290 g/mol. The van der Waals surface area contributed by atoms with Crippen molar-refractivity contribution in [3.8, 4) is 22.8 Å². The first-order valence-corrected chi connectivity index (χ1v) is 7.44. The summed E-state index contributed by atoms with van der Waals surface area (Å²) in [4.78, 5) is 16.1. The lowest BCUT2D eigenvalue weighted by atomic mass is 10.1. The number of hydrogen-bond donors (Lipinski definition) is 2. The molecule has 0 saturated heterocycles. The molecule has 1 aromatic carbocycles. The van der Waals surface area contributed by atoms with E-state index in [0.717, 1.165) is 22.8 Å². The van der Waals surface area contributed by atoms with Gasteiger partial charge in [-0.15, -0.1) is 11.3 Å². The number of carbonyl (C=O) groups is 1. The number of carbonyl (C=O) groups excluding carboxylic acids is 1. The predicted octanol–water partition coefficient (Wildman–Crippen LogP) is 2.09. The van der Waals surface area contributed by atoms with Gasteiger partial charge in [-0.25, -0.2) is 4.98 Å². The SMILES string of the molecule is CNCCC(=O)Nc1nc(-c2ccc3c(c2)OCO3)cs1. The van der Waals surface area contributed by atoms with Crippen LogP contribution in [0.3, 0.4) is 0 Å². The number of fused-ring (bicyclic) bond motifs is 1. The Balaban J connectivity index is 1.71. The fourth-order valence-corrected chi connectivity index (χ4v) is 2.68. The van der Waals surface area contributed by atoms with E-state index in [1.807, 2.05) is 30.6 Å². The zero-order valence-corrected chi connectivity index (χ0v) is 12.3. The van der Waals surface area contributed by atoms with Gasteiger partial charge in [-0.2, -0.15) is 0 Å². The highest BCUT2D eigenvalue weighted by atomic mass is 32.1. The van der Waals surface area contributed by atoms with E-state index >= 15 is 0 Å². The van der Waals surface area contributed by atoms with Crippen LogP contribution in [0.15, 0.2) is 23.6 Å². The molecule has 110 valence electrons. The third kappa shape index (κ3) is 3.14. The molecule has 3 rings (SSSR count). The maximum absolute atomic E-state index is 11.6. The van der Waals surface area contributed by atoms with E-state index in [-0.39, 0.29) is 12.7 Å². The molecule has 0 spiro atoms. The lowest BCUT2D eigenvalue weighted by Crippen LogP contribution is -2.18. The van der Waals surface area contributed by atoms with Crippen LogP contribution in [0.2, 0.25) is 0 Å². The van der Waals surface area contributed by atoms with Gasteiger partial charge in [-0.05, 0) is 25.2 Å². The third-order valence-electron chi connectivity index (χ3n) is 3.02. The lowest BCUT2D eigenvalue weighted by molar-refractivity contribution is -0.116. The maximum atomic E-state index is 11.6. The summed E-state index contributed by atoms with van der Waals surface area (Å²) in [6.07, 6.45) is 0.426. The van der Waals surface area contributed by atoms with Crippen molar-refractivity contribution in [2.75, 3.05) is 25.7 Å². The minimum Gasteiger partial charge on any atom is -0.454 e. The predicted molar refractivity (Wildman–Crippen MR) is 80.8 cm³/mol. The van der Waals surface area contributed by atoms with Crippen molar-refractivity contribution in [1.29, 1.82) is 0 Å². The monoisotopic (exact) mass is 305 g/mol. The fourth-order valence-electron chi connectivity index (χ4n) is 1.94. The molecule has 2 heterocycles. The molecule has 0 saturated carbocycles. The molecule has 0 atom stereocenters. The maximum Gasteiger partial charge on any atom is 0.231 e. The van der Waals surface area contributed by atoms with E-state index < -0.39 is 0 Å². The Kier molecular flexibility index (Phi) is 4.03. The van der Waals surface area contributed by atoms with Gasteiger partial charge < -0.3 is 20.1 Å². The average molecular weight is 305 g/mol. The number of aromatic nitrogens is 1. The lowest BCUT2D eigenvalue weighted by Gasteiger charge is -2.01. The Bertz CT molecular complexity index is 657. The molecule has 0 unspecified atom stereocenters. The van der Waals surface area contributed by atoms with E-state index in [4.69, 9.17) is 9.47 Å². The minimum atomic E-state index is -0.0454. The van der Waals surface area contributed by atoms with Gasteiger partial charge >= 0.3 is 0 Å². The Labute approximate surface area is 126 Å². The molecule has 6 nitrogen and oxygen atoms in total. The van der Waals surface area contributed by atoms with Crippen molar-refractivity contribution >= 4 is 22.4 Å². The second kappa shape index (κ2) is 6.11. The molecule has 0 radical (unpaired) electrons. The first-order valence-electron chi connectivity index (χ1n) is 6.56. The molecule has 1 aliphatic heterocycles. The van der Waals surface area contributed by atoms with Gasteiger partial charge in [-0.3, -0.25) is 4.79 Å². The van der Waals surface area contributed by atoms with Gasteiger partial charge in [0.2, 0.25) is 12.7 Å². The summed E-state index contributed by atoms with van der Waals surface area (Å²) in [7, 11) is 1.81. The van der Waals surface area contributed by atoms with Crippen LogP contribution in [0.25, 0.3) is 11.3 Å². The quantitative estimate of drug-likeness (QED) is 0.885. The first-order chi connectivity index (χ1) is 10.3. The van der Waals surface area contributed by atoms with E-state index in [1.54, 1.807) is 0 Å². The number of hydrogen-bond acceptors (Lipinski definition) is 6. The average Bonchev–Trinajstić information content (AvgIpc) is 3.12. The van der Waals surface area contributed by atoms with Crippen LogP contribution in [-0.4, -0.2) is 31.3 Å². The standard InChI is InChI=1S/C14H15N3O3S/c1-15-5-4-13(18)17-14-16-10(7-21-14)9-2-3-11-12(6-9)20-8-19-11/h2-3,6-7,15H,4-5,8H2,1H3,(H,16,17,18). The largest absolute Gasteiger partial charge is 0.454 e. The van der Waals surface area contributed by atoms with E-state index in [2.05, 4.69) is 15.6 Å². The molecule has 1 aliphatic rings. The summed E-state index contributed by atoms with van der Waals surface area (Å²) in [6, 6.07) is 5.68. The van der Waals surface area contributed by atoms with Crippen molar-refractivity contribution in [3.05, 3.63) is 23.6 Å². The van der Waals surface area contributed by atoms with Crippen LogP contribution >= 0.6 is 11.3 Å². The zero-order valence-electron chi connectivity index (χ0n) is 11.5. The van der Waals surface area contributed by atoms with E-state index in [9.17, 15) is 4.79 Å². The number of anilines is 1. The summed E-state index contributed by atoms with van der Waals surface area (Å²) in [6.45, 7) is 0.898. The second-order valence-corrected chi connectivity index (χ2v) is 5.37. The summed E-state index contributed by atoms with van der Waals surface area (Å²) in [5.41, 5.74) is 1.74. The molecule has 0 bridgehead atoms. The van der Waals surface area contributed by atoms with Crippen LogP contribution in [0.4, 0.5) is 5.13 Å². The van der Waals surface area contributed by atoms with Crippen molar-refractivity contribution in [3.63, 3.8) is 0 Å². The van der Waals surface area contributed by atoms with E-state index in [1.165, 1.54) is 11.3 Å². The second-order valence-electron chi connectivity index (χ2n) is 4.51. The molecule has 0 aliphatic carbocycles. The highest BCUT2D eigenvalue weighted by Gasteiger charge is 2.15. The van der Waals surface area contributed by atoms with Crippen LogP contribution < -0.4 is 20.1 Å². The van der Waals surface area contributed by atoms with Crippen LogP contribution in [-0.2, 0) is 4.79 Å². The summed E-state index contributed by atoms with van der Waals surface area (Å²) >= 11 is 1.40. The number of ether oxygens (including phenoxy) is 2. The van der Waals surface area contributed by atoms with Gasteiger partial charge in [0, 0.05) is 23.9 Å². The highest BCUT2D eigenvalue weighted by molar-refractivity contribution is 7.14. The zero-order chi connectivity index (χ0) is 14.7. The molecule has 1 amide bonds. The number of nitrogens with zero attached hydrogens (tertiary/aromatic N) is 1. The molecule has 2 aromatic rings.